The van der Waals surface area contributed by atoms with Gasteiger partial charge in [-0.15, -0.1) is 0 Å². The van der Waals surface area contributed by atoms with Gasteiger partial charge in [-0.05, 0) is 39.5 Å². The Hall–Kier alpha value is -0.820. The number of hydrogen-bond acceptors (Lipinski definition) is 3. The fourth-order valence-corrected chi connectivity index (χ4v) is 3.02. The Kier molecular flexibility index (Phi) is 4.82. The SMILES string of the molecule is CC1(C)CC(NC(=O)C2CCC(C(F)(F)F)CN2)CCO1. The van der Waals surface area contributed by atoms with E-state index < -0.39 is 18.1 Å². The fourth-order valence-electron chi connectivity index (χ4n) is 3.02. The van der Waals surface area contributed by atoms with Crippen LogP contribution < -0.4 is 10.6 Å². The molecule has 0 bridgehead atoms. The van der Waals surface area contributed by atoms with Crippen LogP contribution in [0.3, 0.4) is 0 Å². The largest absolute Gasteiger partial charge is 0.393 e. The summed E-state index contributed by atoms with van der Waals surface area (Å²) in [5.74, 6) is -1.54. The maximum Gasteiger partial charge on any atom is 0.393 e. The Morgan fingerprint density at radius 1 is 1.29 bits per heavy atom. The van der Waals surface area contributed by atoms with Crippen molar-refractivity contribution in [1.82, 2.24) is 10.6 Å². The number of rotatable bonds is 2. The molecule has 1 amide bonds. The van der Waals surface area contributed by atoms with Gasteiger partial charge in [0.05, 0.1) is 17.6 Å². The average Bonchev–Trinajstić information content (AvgIpc) is 2.36. The topological polar surface area (TPSA) is 50.4 Å². The monoisotopic (exact) mass is 308 g/mol. The Morgan fingerprint density at radius 2 is 2.00 bits per heavy atom. The number of nitrogens with one attached hydrogen (secondary N) is 2. The maximum atomic E-state index is 12.6. The van der Waals surface area contributed by atoms with E-state index in [9.17, 15) is 18.0 Å². The van der Waals surface area contributed by atoms with Gasteiger partial charge in [0, 0.05) is 19.2 Å². The number of hydrogen-bond donors (Lipinski definition) is 2. The summed E-state index contributed by atoms with van der Waals surface area (Å²) in [6, 6.07) is -0.488. The lowest BCUT2D eigenvalue weighted by Gasteiger charge is -2.37. The molecule has 2 aliphatic heterocycles. The van der Waals surface area contributed by atoms with Crippen molar-refractivity contribution >= 4 is 5.91 Å². The van der Waals surface area contributed by atoms with Crippen LogP contribution in [0, 0.1) is 5.92 Å². The molecule has 3 atom stereocenters. The van der Waals surface area contributed by atoms with Gasteiger partial charge in [-0.1, -0.05) is 0 Å². The summed E-state index contributed by atoms with van der Waals surface area (Å²) in [5, 5.41) is 5.66. The van der Waals surface area contributed by atoms with Crippen LogP contribution in [-0.4, -0.2) is 42.9 Å². The molecule has 4 nitrogen and oxygen atoms in total. The molecule has 2 N–H and O–H groups in total. The summed E-state index contributed by atoms with van der Waals surface area (Å²) < 4.78 is 43.3. The second kappa shape index (κ2) is 6.12. The molecule has 2 heterocycles. The Bertz CT molecular complexity index is 377. The van der Waals surface area contributed by atoms with E-state index in [2.05, 4.69) is 10.6 Å². The molecule has 21 heavy (non-hydrogen) atoms. The first-order valence-electron chi connectivity index (χ1n) is 7.42. The Balaban J connectivity index is 1.80. The van der Waals surface area contributed by atoms with Crippen LogP contribution in [0.15, 0.2) is 0 Å². The van der Waals surface area contributed by atoms with Gasteiger partial charge >= 0.3 is 6.18 Å². The molecular formula is C14H23F3N2O2. The van der Waals surface area contributed by atoms with Gasteiger partial charge in [-0.3, -0.25) is 4.79 Å². The fraction of sp³-hybridized carbons (Fsp3) is 0.929. The van der Waals surface area contributed by atoms with Crippen LogP contribution in [-0.2, 0) is 9.53 Å². The lowest BCUT2D eigenvalue weighted by Crippen LogP contribution is -2.55. The van der Waals surface area contributed by atoms with Crippen LogP contribution in [0.4, 0.5) is 13.2 Å². The molecule has 2 aliphatic rings. The summed E-state index contributed by atoms with van der Waals surface area (Å²) in [6.07, 6.45) is -2.49. The Labute approximate surface area is 122 Å². The van der Waals surface area contributed by atoms with E-state index in [1.165, 1.54) is 0 Å². The smallest absolute Gasteiger partial charge is 0.375 e. The van der Waals surface area contributed by atoms with Gasteiger partial charge < -0.3 is 15.4 Å². The predicted octanol–water partition coefficient (Wildman–Crippen LogP) is 1.99. The first-order chi connectivity index (χ1) is 9.67. The molecule has 7 heteroatoms. The Morgan fingerprint density at radius 3 is 2.52 bits per heavy atom. The minimum atomic E-state index is -4.18. The molecule has 0 aromatic rings. The van der Waals surface area contributed by atoms with Gasteiger partial charge in [-0.25, -0.2) is 0 Å². The van der Waals surface area contributed by atoms with Crippen molar-refractivity contribution in [2.45, 2.75) is 63.4 Å². The van der Waals surface area contributed by atoms with E-state index in [0.717, 1.165) is 12.8 Å². The molecule has 122 valence electrons. The summed E-state index contributed by atoms with van der Waals surface area (Å²) in [7, 11) is 0. The van der Waals surface area contributed by atoms with Gasteiger partial charge in [-0.2, -0.15) is 13.2 Å². The van der Waals surface area contributed by atoms with Crippen molar-refractivity contribution in [2.75, 3.05) is 13.2 Å². The lowest BCUT2D eigenvalue weighted by molar-refractivity contribution is -0.180. The molecule has 0 radical (unpaired) electrons. The second-order valence-electron chi connectivity index (χ2n) is 6.58. The van der Waals surface area contributed by atoms with Gasteiger partial charge in [0.2, 0.25) is 5.91 Å². The van der Waals surface area contributed by atoms with Crippen LogP contribution in [0.25, 0.3) is 0 Å². The van der Waals surface area contributed by atoms with Gasteiger partial charge in [0.15, 0.2) is 0 Å². The zero-order chi connectivity index (χ0) is 15.7. The second-order valence-corrected chi connectivity index (χ2v) is 6.58. The molecule has 2 fully saturated rings. The van der Waals surface area contributed by atoms with Crippen molar-refractivity contribution in [3.05, 3.63) is 0 Å². The molecule has 2 rings (SSSR count). The number of halogens is 3. The summed E-state index contributed by atoms with van der Waals surface area (Å²) >= 11 is 0. The molecule has 2 saturated heterocycles. The van der Waals surface area contributed by atoms with Crippen molar-refractivity contribution in [3.8, 4) is 0 Å². The van der Waals surface area contributed by atoms with Crippen LogP contribution in [0.5, 0.6) is 0 Å². The average molecular weight is 308 g/mol. The van der Waals surface area contributed by atoms with Crippen molar-refractivity contribution < 1.29 is 22.7 Å². The van der Waals surface area contributed by atoms with Crippen LogP contribution in [0.2, 0.25) is 0 Å². The molecule has 0 saturated carbocycles. The first kappa shape index (κ1) is 16.5. The molecule has 0 aliphatic carbocycles. The predicted molar refractivity (Wildman–Crippen MR) is 71.8 cm³/mol. The lowest BCUT2D eigenvalue weighted by atomic mass is 9.92. The van der Waals surface area contributed by atoms with E-state index in [-0.39, 0.29) is 36.9 Å². The minimum absolute atomic E-state index is 0.00780. The van der Waals surface area contributed by atoms with E-state index in [0.29, 0.717) is 6.61 Å². The highest BCUT2D eigenvalue weighted by molar-refractivity contribution is 5.82. The van der Waals surface area contributed by atoms with Crippen LogP contribution in [0.1, 0.15) is 39.5 Å². The van der Waals surface area contributed by atoms with E-state index in [4.69, 9.17) is 4.74 Å². The van der Waals surface area contributed by atoms with Crippen molar-refractivity contribution in [1.29, 1.82) is 0 Å². The first-order valence-corrected chi connectivity index (χ1v) is 7.42. The normalized spacial score (nSPS) is 33.5. The third-order valence-corrected chi connectivity index (χ3v) is 4.24. The third-order valence-electron chi connectivity index (χ3n) is 4.24. The number of carbonyl (C=O) groups excluding carboxylic acids is 1. The highest BCUT2D eigenvalue weighted by atomic mass is 19.4. The van der Waals surface area contributed by atoms with Crippen LogP contribution >= 0.6 is 0 Å². The quantitative estimate of drug-likeness (QED) is 0.820. The molecule has 3 unspecified atom stereocenters. The number of ether oxygens (including phenoxy) is 1. The number of alkyl halides is 3. The highest BCUT2D eigenvalue weighted by Gasteiger charge is 2.42. The molecular weight excluding hydrogens is 285 g/mol. The van der Waals surface area contributed by atoms with Crippen molar-refractivity contribution in [3.63, 3.8) is 0 Å². The number of piperidine rings is 1. The zero-order valence-electron chi connectivity index (χ0n) is 12.4. The number of carbonyl (C=O) groups is 1. The minimum Gasteiger partial charge on any atom is -0.375 e. The van der Waals surface area contributed by atoms with Gasteiger partial charge in [0.1, 0.15) is 0 Å². The van der Waals surface area contributed by atoms with E-state index in [1.54, 1.807) is 0 Å². The van der Waals surface area contributed by atoms with Gasteiger partial charge in [0.25, 0.3) is 0 Å². The number of amides is 1. The van der Waals surface area contributed by atoms with E-state index in [1.807, 2.05) is 13.8 Å². The summed E-state index contributed by atoms with van der Waals surface area (Å²) in [6.45, 7) is 4.35. The molecule has 0 spiro atoms. The highest BCUT2D eigenvalue weighted by Crippen LogP contribution is 2.32. The summed E-state index contributed by atoms with van der Waals surface area (Å²) in [5.41, 5.74) is -0.266. The maximum absolute atomic E-state index is 12.6. The standard InChI is InChI=1S/C14H23F3N2O2/c1-13(2)7-10(5-6-21-13)19-12(20)11-4-3-9(8-18-11)14(15,16)17/h9-11,18H,3-8H2,1-2H3,(H,19,20). The van der Waals surface area contributed by atoms with E-state index >= 15 is 0 Å². The zero-order valence-corrected chi connectivity index (χ0v) is 12.4. The third kappa shape index (κ3) is 4.57. The molecule has 0 aromatic carbocycles. The van der Waals surface area contributed by atoms with Crippen molar-refractivity contribution in [2.24, 2.45) is 5.92 Å². The molecule has 0 aromatic heterocycles. The summed E-state index contributed by atoms with van der Waals surface area (Å²) in [4.78, 5) is 12.1.